The van der Waals surface area contributed by atoms with Crippen LogP contribution in [0.25, 0.3) is 6.08 Å². The van der Waals surface area contributed by atoms with Gasteiger partial charge in [-0.15, -0.1) is 0 Å². The van der Waals surface area contributed by atoms with Crippen LogP contribution in [-0.4, -0.2) is 30.3 Å². The maximum Gasteiger partial charge on any atom is 0.243 e. The first-order valence-electron chi connectivity index (χ1n) is 9.32. The Hall–Kier alpha value is -1.69. The molecule has 1 aromatic heterocycles. The highest BCUT2D eigenvalue weighted by atomic mass is 35.5. The number of halogens is 1. The number of rotatable bonds is 6. The van der Waals surface area contributed by atoms with E-state index in [2.05, 4.69) is 11.9 Å². The van der Waals surface area contributed by atoms with Crippen LogP contribution >= 0.6 is 11.6 Å². The summed E-state index contributed by atoms with van der Waals surface area (Å²) in [5, 5.41) is 0.531. The molecule has 2 unspecified atom stereocenters. The van der Waals surface area contributed by atoms with Gasteiger partial charge in [0.15, 0.2) is 0 Å². The van der Waals surface area contributed by atoms with Crippen molar-refractivity contribution in [3.05, 3.63) is 65.5 Å². The summed E-state index contributed by atoms with van der Waals surface area (Å²) in [4.78, 5) is 4.38. The van der Waals surface area contributed by atoms with Crippen LogP contribution in [0.4, 0.5) is 0 Å². The van der Waals surface area contributed by atoms with Crippen molar-refractivity contribution in [2.24, 2.45) is 5.92 Å². The molecule has 1 heterocycles. The minimum Gasteiger partial charge on any atom is -0.264 e. The number of hydrogen-bond acceptors (Lipinski definition) is 3. The van der Waals surface area contributed by atoms with E-state index in [-0.39, 0.29) is 6.04 Å². The summed E-state index contributed by atoms with van der Waals surface area (Å²) in [6.45, 7) is 2.49. The van der Waals surface area contributed by atoms with Gasteiger partial charge in [-0.25, -0.2) is 8.42 Å². The van der Waals surface area contributed by atoms with Crippen LogP contribution in [0, 0.1) is 5.92 Å². The monoisotopic (exact) mass is 404 g/mol. The van der Waals surface area contributed by atoms with Crippen molar-refractivity contribution < 1.29 is 8.42 Å². The number of benzene rings is 1. The van der Waals surface area contributed by atoms with E-state index in [1.807, 2.05) is 24.3 Å². The molecule has 0 N–H and O–H groups in total. The minimum atomic E-state index is -3.60. The van der Waals surface area contributed by atoms with Crippen molar-refractivity contribution in [2.75, 3.05) is 6.54 Å². The molecule has 6 heteroatoms. The summed E-state index contributed by atoms with van der Waals surface area (Å²) in [5.74, 6) is 0.340. The average Bonchev–Trinajstić information content (AvgIpc) is 2.67. The Bertz CT molecular complexity index is 867. The Kier molecular flexibility index (Phi) is 6.68. The highest BCUT2D eigenvalue weighted by Crippen LogP contribution is 2.32. The Morgan fingerprint density at radius 2 is 1.93 bits per heavy atom. The maximum absolute atomic E-state index is 13.4. The summed E-state index contributed by atoms with van der Waals surface area (Å²) >= 11 is 5.94. The van der Waals surface area contributed by atoms with Crippen molar-refractivity contribution >= 4 is 27.7 Å². The van der Waals surface area contributed by atoms with Crippen molar-refractivity contribution in [2.45, 2.75) is 43.5 Å². The predicted molar refractivity (Wildman–Crippen MR) is 110 cm³/mol. The number of nitrogens with zero attached hydrogens (tertiary/aromatic N) is 2. The zero-order valence-corrected chi connectivity index (χ0v) is 17.0. The van der Waals surface area contributed by atoms with Crippen LogP contribution in [0.1, 0.15) is 38.2 Å². The second kappa shape index (κ2) is 9.00. The molecule has 0 saturated heterocycles. The van der Waals surface area contributed by atoms with Gasteiger partial charge >= 0.3 is 0 Å². The second-order valence-corrected chi connectivity index (χ2v) is 9.37. The molecule has 0 aliphatic heterocycles. The molecule has 1 aliphatic rings. The molecule has 1 fully saturated rings. The second-order valence-electron chi connectivity index (χ2n) is 7.05. The highest BCUT2D eigenvalue weighted by Gasteiger charge is 2.35. The van der Waals surface area contributed by atoms with E-state index in [1.54, 1.807) is 41.0 Å². The molecule has 0 amide bonds. The molecule has 1 saturated carbocycles. The standard InChI is InChI=1S/C21H25ClN2O2S/c1-17-6-2-3-9-21(17)24(15-5-8-18-7-4-14-23-16-18)27(25,26)20-12-10-19(22)11-13-20/h4-5,7-8,10-14,16-17,21H,2-3,6,9,15H2,1H3/b8-5+. The smallest absolute Gasteiger partial charge is 0.243 e. The lowest BCUT2D eigenvalue weighted by Gasteiger charge is -2.37. The molecule has 1 aromatic carbocycles. The van der Waals surface area contributed by atoms with Crippen molar-refractivity contribution in [1.82, 2.24) is 9.29 Å². The predicted octanol–water partition coefficient (Wildman–Crippen LogP) is 5.02. The lowest BCUT2D eigenvalue weighted by Crippen LogP contribution is -2.45. The zero-order chi connectivity index (χ0) is 19.3. The van der Waals surface area contributed by atoms with Gasteiger partial charge in [-0.05, 0) is 54.7 Å². The third-order valence-electron chi connectivity index (χ3n) is 5.14. The van der Waals surface area contributed by atoms with E-state index in [0.29, 0.717) is 22.4 Å². The molecule has 0 radical (unpaired) electrons. The fraction of sp³-hybridized carbons (Fsp3) is 0.381. The molecule has 4 nitrogen and oxygen atoms in total. The number of sulfonamides is 1. The Morgan fingerprint density at radius 1 is 1.19 bits per heavy atom. The number of pyridine rings is 1. The number of hydrogen-bond donors (Lipinski definition) is 0. The largest absolute Gasteiger partial charge is 0.264 e. The topological polar surface area (TPSA) is 50.3 Å². The third kappa shape index (κ3) is 4.98. The lowest BCUT2D eigenvalue weighted by molar-refractivity contribution is 0.201. The van der Waals surface area contributed by atoms with Crippen LogP contribution in [0.2, 0.25) is 5.02 Å². The SMILES string of the molecule is CC1CCCCC1N(C/C=C/c1cccnc1)S(=O)(=O)c1ccc(Cl)cc1. The Morgan fingerprint density at radius 3 is 2.59 bits per heavy atom. The third-order valence-corrected chi connectivity index (χ3v) is 7.29. The molecule has 27 heavy (non-hydrogen) atoms. The van der Waals surface area contributed by atoms with Crippen LogP contribution in [0.3, 0.4) is 0 Å². The van der Waals surface area contributed by atoms with Gasteiger partial charge in [0.2, 0.25) is 10.0 Å². The van der Waals surface area contributed by atoms with E-state index in [4.69, 9.17) is 11.6 Å². The van der Waals surface area contributed by atoms with Crippen LogP contribution in [-0.2, 0) is 10.0 Å². The van der Waals surface area contributed by atoms with Crippen LogP contribution in [0.5, 0.6) is 0 Å². The van der Waals surface area contributed by atoms with Gasteiger partial charge in [0.05, 0.1) is 4.90 Å². The molecule has 0 bridgehead atoms. The van der Waals surface area contributed by atoms with Gasteiger partial charge in [-0.2, -0.15) is 4.31 Å². The van der Waals surface area contributed by atoms with Crippen LogP contribution < -0.4 is 0 Å². The fourth-order valence-corrected chi connectivity index (χ4v) is 5.47. The van der Waals surface area contributed by atoms with Gasteiger partial charge in [-0.3, -0.25) is 4.98 Å². The molecule has 1 aliphatic carbocycles. The van der Waals surface area contributed by atoms with Gasteiger partial charge in [0.1, 0.15) is 0 Å². The van der Waals surface area contributed by atoms with E-state index in [0.717, 1.165) is 31.2 Å². The summed E-state index contributed by atoms with van der Waals surface area (Å²) in [6.07, 6.45) is 11.5. The van der Waals surface area contributed by atoms with Gasteiger partial charge < -0.3 is 0 Å². The first-order chi connectivity index (χ1) is 13.0. The maximum atomic E-state index is 13.4. The lowest BCUT2D eigenvalue weighted by atomic mass is 9.86. The average molecular weight is 405 g/mol. The first-order valence-corrected chi connectivity index (χ1v) is 11.1. The molecule has 3 rings (SSSR count). The summed E-state index contributed by atoms with van der Waals surface area (Å²) < 4.78 is 28.4. The van der Waals surface area contributed by atoms with Crippen molar-refractivity contribution in [3.63, 3.8) is 0 Å². The highest BCUT2D eigenvalue weighted by molar-refractivity contribution is 7.89. The molecular weight excluding hydrogens is 380 g/mol. The van der Waals surface area contributed by atoms with E-state index in [1.165, 1.54) is 0 Å². The van der Waals surface area contributed by atoms with Gasteiger partial charge in [0.25, 0.3) is 0 Å². The van der Waals surface area contributed by atoms with Crippen LogP contribution in [0.15, 0.2) is 59.8 Å². The molecule has 0 spiro atoms. The summed E-state index contributed by atoms with van der Waals surface area (Å²) in [6, 6.07) is 10.3. The van der Waals surface area contributed by atoms with E-state index >= 15 is 0 Å². The quantitative estimate of drug-likeness (QED) is 0.679. The molecular formula is C21H25ClN2O2S. The Labute approximate surface area is 166 Å². The first kappa shape index (κ1) is 20.1. The van der Waals surface area contributed by atoms with Crippen molar-refractivity contribution in [3.8, 4) is 0 Å². The Balaban J connectivity index is 1.89. The van der Waals surface area contributed by atoms with Crippen molar-refractivity contribution in [1.29, 1.82) is 0 Å². The normalized spacial score (nSPS) is 21.0. The summed E-state index contributed by atoms with van der Waals surface area (Å²) in [7, 11) is -3.60. The minimum absolute atomic E-state index is 0.0120. The van der Waals surface area contributed by atoms with Gasteiger partial charge in [0, 0.05) is 30.0 Å². The summed E-state index contributed by atoms with van der Waals surface area (Å²) in [5.41, 5.74) is 0.957. The van der Waals surface area contributed by atoms with E-state index in [9.17, 15) is 8.42 Å². The fourth-order valence-electron chi connectivity index (χ4n) is 3.65. The van der Waals surface area contributed by atoms with E-state index < -0.39 is 10.0 Å². The number of aromatic nitrogens is 1. The molecule has 2 atom stereocenters. The van der Waals surface area contributed by atoms with Gasteiger partial charge in [-0.1, -0.05) is 49.6 Å². The zero-order valence-electron chi connectivity index (χ0n) is 15.5. The molecule has 144 valence electrons. The molecule has 2 aromatic rings.